The third-order valence-electron chi connectivity index (χ3n) is 3.66. The first-order chi connectivity index (χ1) is 11.7. The molecule has 7 heteroatoms. The SMILES string of the molecule is CCCc1cc(C(=O)N[C@H](c2ccccc2)c2n[nH]c(C)n2)n[nH]1. The normalized spacial score (nSPS) is 12.1. The number of benzene rings is 1. The molecule has 0 aliphatic carbocycles. The van der Waals surface area contributed by atoms with Crippen molar-refractivity contribution in [2.45, 2.75) is 32.7 Å². The van der Waals surface area contributed by atoms with Gasteiger partial charge in [0, 0.05) is 5.69 Å². The van der Waals surface area contributed by atoms with Gasteiger partial charge in [0.05, 0.1) is 0 Å². The molecule has 0 unspecified atom stereocenters. The van der Waals surface area contributed by atoms with Crippen LogP contribution in [-0.2, 0) is 6.42 Å². The zero-order valence-corrected chi connectivity index (χ0v) is 13.7. The van der Waals surface area contributed by atoms with E-state index in [1.807, 2.05) is 37.3 Å². The molecule has 0 bridgehead atoms. The highest BCUT2D eigenvalue weighted by Crippen LogP contribution is 2.19. The fraction of sp³-hybridized carbons (Fsp3) is 0.294. The van der Waals surface area contributed by atoms with Gasteiger partial charge in [-0.05, 0) is 25.0 Å². The molecule has 0 fully saturated rings. The maximum atomic E-state index is 12.6. The molecule has 2 aromatic heterocycles. The summed E-state index contributed by atoms with van der Waals surface area (Å²) in [6.45, 7) is 3.91. The average Bonchev–Trinajstić information content (AvgIpc) is 3.23. The third-order valence-corrected chi connectivity index (χ3v) is 3.66. The van der Waals surface area contributed by atoms with Crippen molar-refractivity contribution < 1.29 is 4.79 Å². The van der Waals surface area contributed by atoms with E-state index in [0.29, 0.717) is 17.3 Å². The Bertz CT molecular complexity index is 807. The quantitative estimate of drug-likeness (QED) is 0.648. The van der Waals surface area contributed by atoms with E-state index >= 15 is 0 Å². The zero-order valence-electron chi connectivity index (χ0n) is 13.7. The molecule has 1 aromatic carbocycles. The molecular weight excluding hydrogens is 304 g/mol. The minimum Gasteiger partial charge on any atom is -0.336 e. The van der Waals surface area contributed by atoms with Crippen molar-refractivity contribution in [2.75, 3.05) is 0 Å². The van der Waals surface area contributed by atoms with Crippen LogP contribution in [0.4, 0.5) is 0 Å². The summed E-state index contributed by atoms with van der Waals surface area (Å²) in [5.74, 6) is 0.964. The molecule has 1 atom stereocenters. The largest absolute Gasteiger partial charge is 0.336 e. The fourth-order valence-corrected chi connectivity index (χ4v) is 2.51. The standard InChI is InChI=1S/C17H20N6O/c1-3-7-13-10-14(22-21-13)17(24)19-15(12-8-5-4-6-9-12)16-18-11(2)20-23-16/h4-6,8-10,15H,3,7H2,1-2H3,(H,19,24)(H,21,22)(H,18,20,23)/t15-/m1/s1. The van der Waals surface area contributed by atoms with Crippen molar-refractivity contribution >= 4 is 5.91 Å². The van der Waals surface area contributed by atoms with Crippen LogP contribution in [0.15, 0.2) is 36.4 Å². The van der Waals surface area contributed by atoms with Gasteiger partial charge in [-0.3, -0.25) is 15.0 Å². The number of rotatable bonds is 6. The smallest absolute Gasteiger partial charge is 0.272 e. The minimum atomic E-state index is -0.435. The van der Waals surface area contributed by atoms with Gasteiger partial charge >= 0.3 is 0 Å². The Labute approximate surface area is 139 Å². The molecule has 24 heavy (non-hydrogen) atoms. The number of aromatic nitrogens is 5. The molecule has 124 valence electrons. The lowest BCUT2D eigenvalue weighted by molar-refractivity contribution is 0.0936. The van der Waals surface area contributed by atoms with Gasteiger partial charge in [-0.25, -0.2) is 4.98 Å². The summed E-state index contributed by atoms with van der Waals surface area (Å²) < 4.78 is 0. The first-order valence-electron chi connectivity index (χ1n) is 7.96. The van der Waals surface area contributed by atoms with Crippen LogP contribution < -0.4 is 5.32 Å². The maximum absolute atomic E-state index is 12.6. The van der Waals surface area contributed by atoms with Gasteiger partial charge in [0.1, 0.15) is 17.6 Å². The van der Waals surface area contributed by atoms with Gasteiger partial charge in [-0.1, -0.05) is 43.7 Å². The van der Waals surface area contributed by atoms with Crippen LogP contribution in [0.3, 0.4) is 0 Å². The fourth-order valence-electron chi connectivity index (χ4n) is 2.51. The van der Waals surface area contributed by atoms with E-state index in [-0.39, 0.29) is 5.91 Å². The molecule has 0 spiro atoms. The Kier molecular flexibility index (Phi) is 4.69. The predicted octanol–water partition coefficient (Wildman–Crippen LogP) is 2.31. The van der Waals surface area contributed by atoms with Crippen LogP contribution in [0.25, 0.3) is 0 Å². The number of nitrogens with one attached hydrogen (secondary N) is 3. The van der Waals surface area contributed by atoms with Crippen molar-refractivity contribution in [2.24, 2.45) is 0 Å². The lowest BCUT2D eigenvalue weighted by Crippen LogP contribution is -2.30. The lowest BCUT2D eigenvalue weighted by atomic mass is 10.1. The second kappa shape index (κ2) is 7.08. The van der Waals surface area contributed by atoms with Crippen LogP contribution in [0.2, 0.25) is 0 Å². The van der Waals surface area contributed by atoms with Crippen LogP contribution >= 0.6 is 0 Å². The third kappa shape index (κ3) is 3.51. The molecule has 2 heterocycles. The van der Waals surface area contributed by atoms with E-state index in [1.165, 1.54) is 0 Å². The molecule has 0 saturated carbocycles. The minimum absolute atomic E-state index is 0.259. The van der Waals surface area contributed by atoms with Gasteiger partial charge in [0.25, 0.3) is 5.91 Å². The lowest BCUT2D eigenvalue weighted by Gasteiger charge is -2.15. The predicted molar refractivity (Wildman–Crippen MR) is 89.5 cm³/mol. The Morgan fingerprint density at radius 3 is 2.67 bits per heavy atom. The molecule has 3 aromatic rings. The Balaban J connectivity index is 1.84. The molecule has 0 aliphatic rings. The van der Waals surface area contributed by atoms with Gasteiger partial charge in [-0.15, -0.1) is 0 Å². The number of carbonyl (C=O) groups excluding carboxylic acids is 1. The molecule has 0 saturated heterocycles. The number of hydrogen-bond donors (Lipinski definition) is 3. The number of amides is 1. The molecule has 0 radical (unpaired) electrons. The summed E-state index contributed by atoms with van der Waals surface area (Å²) in [4.78, 5) is 16.9. The van der Waals surface area contributed by atoms with E-state index in [1.54, 1.807) is 6.07 Å². The summed E-state index contributed by atoms with van der Waals surface area (Å²) in [5, 5.41) is 17.0. The van der Waals surface area contributed by atoms with Crippen LogP contribution in [0, 0.1) is 6.92 Å². The molecule has 7 nitrogen and oxygen atoms in total. The van der Waals surface area contributed by atoms with E-state index in [0.717, 1.165) is 24.1 Å². The topological polar surface area (TPSA) is 99.3 Å². The van der Waals surface area contributed by atoms with Crippen molar-refractivity contribution in [1.29, 1.82) is 0 Å². The first kappa shape index (κ1) is 15.9. The highest BCUT2D eigenvalue weighted by atomic mass is 16.2. The maximum Gasteiger partial charge on any atom is 0.272 e. The Hall–Kier alpha value is -2.96. The summed E-state index contributed by atoms with van der Waals surface area (Å²) in [6.07, 6.45) is 1.86. The molecule has 3 N–H and O–H groups in total. The van der Waals surface area contributed by atoms with Crippen molar-refractivity contribution in [3.8, 4) is 0 Å². The van der Waals surface area contributed by atoms with E-state index in [9.17, 15) is 4.79 Å². The monoisotopic (exact) mass is 324 g/mol. The van der Waals surface area contributed by atoms with Crippen LogP contribution in [0.5, 0.6) is 0 Å². The first-order valence-corrected chi connectivity index (χ1v) is 7.96. The second-order valence-corrected chi connectivity index (χ2v) is 5.62. The second-order valence-electron chi connectivity index (χ2n) is 5.62. The van der Waals surface area contributed by atoms with E-state index < -0.39 is 6.04 Å². The number of aromatic amines is 2. The molecule has 1 amide bonds. The molecular formula is C17H20N6O. The van der Waals surface area contributed by atoms with Gasteiger partial charge in [0.15, 0.2) is 5.82 Å². The Morgan fingerprint density at radius 1 is 1.21 bits per heavy atom. The van der Waals surface area contributed by atoms with Crippen LogP contribution in [0.1, 0.15) is 52.8 Å². The number of hydrogen-bond acceptors (Lipinski definition) is 4. The van der Waals surface area contributed by atoms with Crippen molar-refractivity contribution in [3.05, 3.63) is 65.0 Å². The van der Waals surface area contributed by atoms with E-state index in [2.05, 4.69) is 37.6 Å². The number of H-pyrrole nitrogens is 2. The van der Waals surface area contributed by atoms with Gasteiger partial charge in [-0.2, -0.15) is 10.2 Å². The van der Waals surface area contributed by atoms with E-state index in [4.69, 9.17) is 0 Å². The summed E-state index contributed by atoms with van der Waals surface area (Å²) in [7, 11) is 0. The molecule has 0 aliphatic heterocycles. The van der Waals surface area contributed by atoms with Crippen molar-refractivity contribution in [3.63, 3.8) is 0 Å². The van der Waals surface area contributed by atoms with Gasteiger partial charge in [0.2, 0.25) is 0 Å². The number of aryl methyl sites for hydroxylation is 2. The average molecular weight is 324 g/mol. The highest BCUT2D eigenvalue weighted by Gasteiger charge is 2.22. The summed E-state index contributed by atoms with van der Waals surface area (Å²) >= 11 is 0. The Morgan fingerprint density at radius 2 is 2.00 bits per heavy atom. The number of carbonyl (C=O) groups is 1. The van der Waals surface area contributed by atoms with Gasteiger partial charge < -0.3 is 5.32 Å². The summed E-state index contributed by atoms with van der Waals surface area (Å²) in [5.41, 5.74) is 2.23. The summed E-state index contributed by atoms with van der Waals surface area (Å²) in [6, 6.07) is 11.0. The van der Waals surface area contributed by atoms with Crippen LogP contribution in [-0.4, -0.2) is 31.3 Å². The number of nitrogens with zero attached hydrogens (tertiary/aromatic N) is 3. The zero-order chi connectivity index (χ0) is 16.9. The van der Waals surface area contributed by atoms with Crippen molar-refractivity contribution in [1.82, 2.24) is 30.7 Å². The molecule has 3 rings (SSSR count). The highest BCUT2D eigenvalue weighted by molar-refractivity contribution is 5.92.